The van der Waals surface area contributed by atoms with Gasteiger partial charge in [0.1, 0.15) is 0 Å². The summed E-state index contributed by atoms with van der Waals surface area (Å²) in [5.41, 5.74) is 2.04. The molecule has 3 aromatic rings. The Morgan fingerprint density at radius 1 is 1.14 bits per heavy atom. The number of nitrogens with zero attached hydrogens (tertiary/aromatic N) is 1. The van der Waals surface area contributed by atoms with Crippen LogP contribution >= 0.6 is 28.6 Å². The van der Waals surface area contributed by atoms with Crippen molar-refractivity contribution in [2.75, 3.05) is 5.32 Å². The zero-order valence-corrected chi connectivity index (χ0v) is 13.4. The fraction of sp³-hybridized carbons (Fsp3) is 0. The number of rotatable bonds is 2. The van der Waals surface area contributed by atoms with Crippen LogP contribution < -0.4 is 5.32 Å². The van der Waals surface area contributed by atoms with Crippen LogP contribution in [0.25, 0.3) is 10.9 Å². The standard InChI is InChI=1S/C16H11BrN2OS/c17-12-8-11-2-1-3-14(15(11)18-9-12)19-16(20)10-4-6-13(21)7-5-10/h1-9,21H,(H,19,20). The van der Waals surface area contributed by atoms with Crippen LogP contribution in [0.5, 0.6) is 0 Å². The lowest BCUT2D eigenvalue weighted by atomic mass is 10.1. The number of anilines is 1. The second kappa shape index (κ2) is 5.87. The molecule has 0 atom stereocenters. The second-order valence-corrected chi connectivity index (χ2v) is 5.96. The van der Waals surface area contributed by atoms with Gasteiger partial charge in [-0.2, -0.15) is 0 Å². The van der Waals surface area contributed by atoms with E-state index in [1.54, 1.807) is 30.5 Å². The predicted octanol–water partition coefficient (Wildman–Crippen LogP) is 4.54. The monoisotopic (exact) mass is 358 g/mol. The number of pyridine rings is 1. The number of thiol groups is 1. The molecule has 21 heavy (non-hydrogen) atoms. The molecule has 0 fully saturated rings. The van der Waals surface area contributed by atoms with Crippen LogP contribution in [0, 0.1) is 0 Å². The first-order valence-corrected chi connectivity index (χ1v) is 7.52. The zero-order valence-electron chi connectivity index (χ0n) is 10.9. The van der Waals surface area contributed by atoms with E-state index in [2.05, 4.69) is 38.9 Å². The number of aromatic nitrogens is 1. The molecular weight excluding hydrogens is 348 g/mol. The Kier molecular flexibility index (Phi) is 3.94. The lowest BCUT2D eigenvalue weighted by Crippen LogP contribution is -2.12. The molecular formula is C16H11BrN2OS. The number of hydrogen-bond acceptors (Lipinski definition) is 3. The molecule has 0 saturated carbocycles. The summed E-state index contributed by atoms with van der Waals surface area (Å²) in [5, 5.41) is 3.86. The maximum Gasteiger partial charge on any atom is 0.255 e. The molecule has 1 heterocycles. The molecule has 0 unspecified atom stereocenters. The van der Waals surface area contributed by atoms with Gasteiger partial charge in [0.2, 0.25) is 0 Å². The van der Waals surface area contributed by atoms with Crippen molar-refractivity contribution in [2.45, 2.75) is 4.90 Å². The van der Waals surface area contributed by atoms with Gasteiger partial charge in [-0.1, -0.05) is 12.1 Å². The van der Waals surface area contributed by atoms with Gasteiger partial charge in [-0.3, -0.25) is 9.78 Å². The maximum atomic E-state index is 12.3. The Morgan fingerprint density at radius 2 is 1.90 bits per heavy atom. The largest absolute Gasteiger partial charge is 0.320 e. The van der Waals surface area contributed by atoms with Gasteiger partial charge >= 0.3 is 0 Å². The van der Waals surface area contributed by atoms with E-state index < -0.39 is 0 Å². The molecule has 0 bridgehead atoms. The first kappa shape index (κ1) is 14.1. The van der Waals surface area contributed by atoms with Gasteiger partial charge in [0.15, 0.2) is 0 Å². The van der Waals surface area contributed by atoms with Gasteiger partial charge in [0.25, 0.3) is 5.91 Å². The number of carbonyl (C=O) groups excluding carboxylic acids is 1. The first-order chi connectivity index (χ1) is 10.1. The molecule has 3 nitrogen and oxygen atoms in total. The fourth-order valence-corrected chi connectivity index (χ4v) is 2.54. The third-order valence-corrected chi connectivity index (χ3v) is 3.79. The van der Waals surface area contributed by atoms with E-state index in [1.165, 1.54) is 0 Å². The van der Waals surface area contributed by atoms with Crippen molar-refractivity contribution in [3.63, 3.8) is 0 Å². The molecule has 1 aromatic heterocycles. The van der Waals surface area contributed by atoms with Crippen molar-refractivity contribution < 1.29 is 4.79 Å². The summed E-state index contributed by atoms with van der Waals surface area (Å²) in [6.45, 7) is 0. The molecule has 2 aromatic carbocycles. The summed E-state index contributed by atoms with van der Waals surface area (Å²) < 4.78 is 0.905. The van der Waals surface area contributed by atoms with Gasteiger partial charge in [-0.15, -0.1) is 12.6 Å². The van der Waals surface area contributed by atoms with Crippen LogP contribution in [0.1, 0.15) is 10.4 Å². The quantitative estimate of drug-likeness (QED) is 0.660. The van der Waals surface area contributed by atoms with Crippen LogP contribution in [-0.2, 0) is 0 Å². The number of benzene rings is 2. The summed E-state index contributed by atoms with van der Waals surface area (Å²) in [6, 6.07) is 14.7. The minimum atomic E-state index is -0.166. The highest BCUT2D eigenvalue weighted by atomic mass is 79.9. The van der Waals surface area contributed by atoms with Crippen LogP contribution in [-0.4, -0.2) is 10.9 Å². The normalized spacial score (nSPS) is 10.6. The number of carbonyl (C=O) groups is 1. The molecule has 3 rings (SSSR count). The lowest BCUT2D eigenvalue weighted by Gasteiger charge is -2.08. The van der Waals surface area contributed by atoms with E-state index in [4.69, 9.17) is 0 Å². The predicted molar refractivity (Wildman–Crippen MR) is 91.1 cm³/mol. The number of nitrogens with one attached hydrogen (secondary N) is 1. The van der Waals surface area contributed by atoms with Crippen LogP contribution in [0.4, 0.5) is 5.69 Å². The highest BCUT2D eigenvalue weighted by molar-refractivity contribution is 9.10. The average molecular weight is 359 g/mol. The van der Waals surface area contributed by atoms with Crippen molar-refractivity contribution in [3.05, 3.63) is 64.8 Å². The van der Waals surface area contributed by atoms with Crippen molar-refractivity contribution in [1.82, 2.24) is 4.98 Å². The van der Waals surface area contributed by atoms with Crippen molar-refractivity contribution >= 4 is 51.1 Å². The lowest BCUT2D eigenvalue weighted by molar-refractivity contribution is 0.102. The second-order valence-electron chi connectivity index (χ2n) is 4.53. The number of hydrogen-bond donors (Lipinski definition) is 2. The van der Waals surface area contributed by atoms with E-state index >= 15 is 0 Å². The van der Waals surface area contributed by atoms with Crippen molar-refractivity contribution in [1.29, 1.82) is 0 Å². The number of halogens is 1. The molecule has 1 amide bonds. The Bertz CT molecular complexity index is 818. The van der Waals surface area contributed by atoms with Crippen LogP contribution in [0.15, 0.2) is 64.1 Å². The molecule has 0 saturated heterocycles. The maximum absolute atomic E-state index is 12.3. The molecule has 0 aliphatic carbocycles. The smallest absolute Gasteiger partial charge is 0.255 e. The molecule has 1 N–H and O–H groups in total. The third-order valence-electron chi connectivity index (χ3n) is 3.06. The van der Waals surface area contributed by atoms with Gasteiger partial charge in [0.05, 0.1) is 11.2 Å². The highest BCUT2D eigenvalue weighted by Crippen LogP contribution is 2.24. The van der Waals surface area contributed by atoms with E-state index in [-0.39, 0.29) is 5.91 Å². The fourth-order valence-electron chi connectivity index (χ4n) is 2.04. The van der Waals surface area contributed by atoms with Gasteiger partial charge in [-0.25, -0.2) is 0 Å². The minimum absolute atomic E-state index is 0.166. The summed E-state index contributed by atoms with van der Waals surface area (Å²) in [7, 11) is 0. The van der Waals surface area contributed by atoms with Crippen LogP contribution in [0.2, 0.25) is 0 Å². The van der Waals surface area contributed by atoms with Crippen molar-refractivity contribution in [2.24, 2.45) is 0 Å². The van der Waals surface area contributed by atoms with E-state index in [1.807, 2.05) is 24.3 Å². The number of para-hydroxylation sites is 1. The molecule has 0 aliphatic rings. The molecule has 104 valence electrons. The minimum Gasteiger partial charge on any atom is -0.320 e. The van der Waals surface area contributed by atoms with Crippen molar-refractivity contribution in [3.8, 4) is 0 Å². The Hall–Kier alpha value is -1.85. The summed E-state index contributed by atoms with van der Waals surface area (Å²) in [4.78, 5) is 17.5. The topological polar surface area (TPSA) is 42.0 Å². The Labute approximate surface area is 135 Å². The number of amides is 1. The Balaban J connectivity index is 1.94. The van der Waals surface area contributed by atoms with Gasteiger partial charge in [0, 0.05) is 26.5 Å². The van der Waals surface area contributed by atoms with Gasteiger partial charge in [-0.05, 0) is 52.3 Å². The molecule has 0 radical (unpaired) electrons. The van der Waals surface area contributed by atoms with Crippen LogP contribution in [0.3, 0.4) is 0 Å². The van der Waals surface area contributed by atoms with E-state index in [9.17, 15) is 4.79 Å². The van der Waals surface area contributed by atoms with Gasteiger partial charge < -0.3 is 5.32 Å². The summed E-state index contributed by atoms with van der Waals surface area (Å²) in [6.07, 6.45) is 1.72. The van der Waals surface area contributed by atoms with E-state index in [0.717, 1.165) is 20.3 Å². The molecule has 5 heteroatoms. The third kappa shape index (κ3) is 3.09. The molecule has 0 aliphatic heterocycles. The highest BCUT2D eigenvalue weighted by Gasteiger charge is 2.09. The summed E-state index contributed by atoms with van der Waals surface area (Å²) >= 11 is 7.61. The summed E-state index contributed by atoms with van der Waals surface area (Å²) in [5.74, 6) is -0.166. The molecule has 0 spiro atoms. The van der Waals surface area contributed by atoms with E-state index in [0.29, 0.717) is 11.3 Å². The number of fused-ring (bicyclic) bond motifs is 1. The SMILES string of the molecule is O=C(Nc1cccc2cc(Br)cnc12)c1ccc(S)cc1. The Morgan fingerprint density at radius 3 is 2.67 bits per heavy atom. The first-order valence-electron chi connectivity index (χ1n) is 6.28. The zero-order chi connectivity index (χ0) is 14.8. The average Bonchev–Trinajstić information content (AvgIpc) is 2.47.